The molecule has 0 spiro atoms. The van der Waals surface area contributed by atoms with E-state index in [1.54, 1.807) is 18.2 Å². The van der Waals surface area contributed by atoms with Crippen molar-refractivity contribution in [1.82, 2.24) is 5.32 Å². The van der Waals surface area contributed by atoms with Crippen LogP contribution in [0.15, 0.2) is 24.3 Å². The Balaban J connectivity index is 2.76. The minimum Gasteiger partial charge on any atom is -0.384 e. The molecule has 1 unspecified atom stereocenters. The van der Waals surface area contributed by atoms with Gasteiger partial charge in [0.25, 0.3) is 5.91 Å². The summed E-state index contributed by atoms with van der Waals surface area (Å²) in [6, 6.07) is 6.99. The molecule has 102 valence electrons. The lowest BCUT2D eigenvalue weighted by molar-refractivity contribution is 0.0872. The van der Waals surface area contributed by atoms with Crippen LogP contribution >= 0.6 is 0 Å². The number of benzene rings is 1. The molecular weight excluding hydrogens is 242 g/mol. The van der Waals surface area contributed by atoms with Crippen molar-refractivity contribution < 1.29 is 14.6 Å². The van der Waals surface area contributed by atoms with E-state index in [-0.39, 0.29) is 18.6 Å². The second-order valence-corrected chi connectivity index (χ2v) is 4.04. The quantitative estimate of drug-likeness (QED) is 0.783. The third-order valence-electron chi connectivity index (χ3n) is 2.42. The normalized spacial score (nSPS) is 11.3. The smallest absolute Gasteiger partial charge is 0.252 e. The Labute approximate surface area is 113 Å². The Morgan fingerprint density at radius 3 is 2.89 bits per heavy atom. The minimum atomic E-state index is -0.225. The van der Waals surface area contributed by atoms with Gasteiger partial charge in [-0.15, -0.1) is 0 Å². The molecule has 1 rings (SSSR count). The summed E-state index contributed by atoms with van der Waals surface area (Å²) < 4.78 is 5.25. The van der Waals surface area contributed by atoms with Crippen LogP contribution in [0.5, 0.6) is 0 Å². The molecule has 0 aromatic heterocycles. The maximum Gasteiger partial charge on any atom is 0.252 e. The summed E-state index contributed by atoms with van der Waals surface area (Å²) in [5.41, 5.74) is 1.12. The summed E-state index contributed by atoms with van der Waals surface area (Å²) in [5.74, 6) is 5.13. The highest BCUT2D eigenvalue weighted by atomic mass is 16.5. The molecular formula is C15H19NO3. The van der Waals surface area contributed by atoms with E-state index in [9.17, 15) is 4.79 Å². The first-order valence-corrected chi connectivity index (χ1v) is 6.26. The van der Waals surface area contributed by atoms with Gasteiger partial charge in [-0.25, -0.2) is 0 Å². The Morgan fingerprint density at radius 2 is 2.21 bits per heavy atom. The molecule has 19 heavy (non-hydrogen) atoms. The number of ether oxygens (including phenoxy) is 1. The largest absolute Gasteiger partial charge is 0.384 e. The lowest BCUT2D eigenvalue weighted by Crippen LogP contribution is -2.36. The van der Waals surface area contributed by atoms with E-state index in [0.29, 0.717) is 24.3 Å². The SMILES string of the molecule is CCOCC(C)NC(=O)c1ccccc1C#CCO. The van der Waals surface area contributed by atoms with Crippen molar-refractivity contribution in [3.8, 4) is 11.8 Å². The summed E-state index contributed by atoms with van der Waals surface area (Å²) in [4.78, 5) is 12.1. The van der Waals surface area contributed by atoms with Crippen LogP contribution in [0, 0.1) is 11.8 Å². The van der Waals surface area contributed by atoms with Gasteiger partial charge >= 0.3 is 0 Å². The zero-order chi connectivity index (χ0) is 14.1. The molecule has 0 bridgehead atoms. The van der Waals surface area contributed by atoms with E-state index in [1.165, 1.54) is 0 Å². The van der Waals surface area contributed by atoms with Crippen LogP contribution in [0.4, 0.5) is 0 Å². The van der Waals surface area contributed by atoms with Crippen molar-refractivity contribution in [1.29, 1.82) is 0 Å². The summed E-state index contributed by atoms with van der Waals surface area (Å²) in [7, 11) is 0. The van der Waals surface area contributed by atoms with Gasteiger partial charge in [0.05, 0.1) is 12.2 Å². The fourth-order valence-electron chi connectivity index (χ4n) is 1.56. The Kier molecular flexibility index (Phi) is 6.65. The van der Waals surface area contributed by atoms with Gasteiger partial charge in [-0.05, 0) is 26.0 Å². The molecule has 1 aromatic rings. The van der Waals surface area contributed by atoms with E-state index in [2.05, 4.69) is 17.2 Å². The second kappa shape index (κ2) is 8.30. The molecule has 1 atom stereocenters. The zero-order valence-electron chi connectivity index (χ0n) is 11.3. The van der Waals surface area contributed by atoms with Crippen LogP contribution in [0.25, 0.3) is 0 Å². The Morgan fingerprint density at radius 1 is 1.47 bits per heavy atom. The van der Waals surface area contributed by atoms with E-state index in [4.69, 9.17) is 9.84 Å². The average Bonchev–Trinajstić information content (AvgIpc) is 2.43. The van der Waals surface area contributed by atoms with Crippen LogP contribution in [0.1, 0.15) is 29.8 Å². The van der Waals surface area contributed by atoms with Crippen molar-refractivity contribution in [2.75, 3.05) is 19.8 Å². The second-order valence-electron chi connectivity index (χ2n) is 4.04. The molecule has 0 radical (unpaired) electrons. The van der Waals surface area contributed by atoms with E-state index in [1.807, 2.05) is 19.9 Å². The Hall–Kier alpha value is -1.83. The number of aliphatic hydroxyl groups excluding tert-OH is 1. The lowest BCUT2D eigenvalue weighted by Gasteiger charge is -2.14. The number of nitrogens with one attached hydrogen (secondary N) is 1. The molecule has 1 amide bonds. The van der Waals surface area contributed by atoms with Crippen LogP contribution < -0.4 is 5.32 Å². The number of carbonyl (C=O) groups is 1. The summed E-state index contributed by atoms with van der Waals surface area (Å²) in [6.45, 7) is 4.67. The molecule has 0 aliphatic heterocycles. The van der Waals surface area contributed by atoms with Crippen molar-refractivity contribution in [2.45, 2.75) is 19.9 Å². The van der Waals surface area contributed by atoms with Crippen molar-refractivity contribution >= 4 is 5.91 Å². The fourth-order valence-corrected chi connectivity index (χ4v) is 1.56. The van der Waals surface area contributed by atoms with Crippen LogP contribution in [0.3, 0.4) is 0 Å². The minimum absolute atomic E-state index is 0.0636. The number of rotatable bonds is 5. The van der Waals surface area contributed by atoms with Gasteiger partial charge in [0.1, 0.15) is 6.61 Å². The summed E-state index contributed by atoms with van der Waals surface area (Å²) in [5, 5.41) is 11.6. The average molecular weight is 261 g/mol. The molecule has 0 fully saturated rings. The fraction of sp³-hybridized carbons (Fsp3) is 0.400. The van der Waals surface area contributed by atoms with Gasteiger partial charge in [-0.3, -0.25) is 4.79 Å². The standard InChI is InChI=1S/C15H19NO3/c1-3-19-11-12(2)16-15(18)14-9-5-4-7-13(14)8-6-10-17/h4-5,7,9,12,17H,3,10-11H2,1-2H3,(H,16,18). The maximum absolute atomic E-state index is 12.1. The number of hydrogen-bond donors (Lipinski definition) is 2. The highest BCUT2D eigenvalue weighted by molar-refractivity contribution is 5.96. The molecule has 0 saturated carbocycles. The molecule has 2 N–H and O–H groups in total. The third-order valence-corrected chi connectivity index (χ3v) is 2.42. The first kappa shape index (κ1) is 15.2. The molecule has 0 aliphatic rings. The summed E-state index contributed by atoms with van der Waals surface area (Å²) in [6.07, 6.45) is 0. The molecule has 4 nitrogen and oxygen atoms in total. The molecule has 1 aromatic carbocycles. The van der Waals surface area contributed by atoms with Crippen molar-refractivity contribution in [2.24, 2.45) is 0 Å². The molecule has 0 aliphatic carbocycles. The van der Waals surface area contributed by atoms with Crippen LogP contribution in [-0.2, 0) is 4.74 Å². The van der Waals surface area contributed by atoms with Crippen LogP contribution in [0.2, 0.25) is 0 Å². The number of aliphatic hydroxyl groups is 1. The Bertz CT molecular complexity index is 474. The van der Waals surface area contributed by atoms with Gasteiger partial charge in [-0.1, -0.05) is 24.0 Å². The predicted octanol–water partition coefficient (Wildman–Crippen LogP) is 1.19. The molecule has 0 saturated heterocycles. The maximum atomic E-state index is 12.1. The predicted molar refractivity (Wildman–Crippen MR) is 73.8 cm³/mol. The van der Waals surface area contributed by atoms with Gasteiger partial charge in [0.2, 0.25) is 0 Å². The van der Waals surface area contributed by atoms with Gasteiger partial charge in [0.15, 0.2) is 0 Å². The number of amides is 1. The van der Waals surface area contributed by atoms with Gasteiger partial charge in [-0.2, -0.15) is 0 Å². The topological polar surface area (TPSA) is 58.6 Å². The summed E-state index contributed by atoms with van der Waals surface area (Å²) >= 11 is 0. The lowest BCUT2D eigenvalue weighted by atomic mass is 10.1. The number of carbonyl (C=O) groups excluding carboxylic acids is 1. The number of hydrogen-bond acceptors (Lipinski definition) is 3. The zero-order valence-corrected chi connectivity index (χ0v) is 11.3. The van der Waals surface area contributed by atoms with Gasteiger partial charge in [0, 0.05) is 18.2 Å². The monoisotopic (exact) mass is 261 g/mol. The van der Waals surface area contributed by atoms with Crippen LogP contribution in [-0.4, -0.2) is 36.9 Å². The molecule has 4 heteroatoms. The first-order chi connectivity index (χ1) is 9.19. The van der Waals surface area contributed by atoms with Crippen molar-refractivity contribution in [3.05, 3.63) is 35.4 Å². The highest BCUT2D eigenvalue weighted by Gasteiger charge is 2.12. The van der Waals surface area contributed by atoms with E-state index < -0.39 is 0 Å². The highest BCUT2D eigenvalue weighted by Crippen LogP contribution is 2.07. The first-order valence-electron chi connectivity index (χ1n) is 6.26. The van der Waals surface area contributed by atoms with Gasteiger partial charge < -0.3 is 15.2 Å². The third kappa shape index (κ3) is 5.12. The molecule has 0 heterocycles. The van der Waals surface area contributed by atoms with E-state index in [0.717, 1.165) is 0 Å². The van der Waals surface area contributed by atoms with E-state index >= 15 is 0 Å². The van der Waals surface area contributed by atoms with Crippen molar-refractivity contribution in [3.63, 3.8) is 0 Å².